The van der Waals surface area contributed by atoms with Crippen LogP contribution in [-0.2, 0) is 9.53 Å². The number of likely N-dealkylation sites (N-methyl/N-ethyl adjacent to an activating group) is 1. The van der Waals surface area contributed by atoms with E-state index in [0.29, 0.717) is 6.54 Å². The maximum Gasteiger partial charge on any atom is 0.404 e. The Labute approximate surface area is 76.8 Å². The Kier molecular flexibility index (Phi) is 5.62. The molecule has 0 aromatic heterocycles. The zero-order valence-electron chi connectivity index (χ0n) is 7.79. The van der Waals surface area contributed by atoms with Crippen LogP contribution in [-0.4, -0.2) is 38.2 Å². The maximum absolute atomic E-state index is 10.9. The smallest absolute Gasteiger partial charge is 0.404 e. The lowest BCUT2D eigenvalue weighted by Crippen LogP contribution is -2.42. The van der Waals surface area contributed by atoms with E-state index < -0.39 is 6.09 Å². The number of ether oxygens (including phenoxy) is 1. The van der Waals surface area contributed by atoms with E-state index in [0.717, 1.165) is 0 Å². The molecule has 0 bridgehead atoms. The van der Waals surface area contributed by atoms with Gasteiger partial charge in [-0.2, -0.15) is 0 Å². The molecule has 76 valence electrons. The van der Waals surface area contributed by atoms with Gasteiger partial charge in [0.05, 0.1) is 6.04 Å². The Balaban J connectivity index is 3.42. The van der Waals surface area contributed by atoms with Crippen molar-refractivity contribution in [3.8, 4) is 0 Å². The highest BCUT2D eigenvalue weighted by molar-refractivity contribution is 5.80. The first-order chi connectivity index (χ1) is 6.07. The number of nitrogens with two attached hydrogens (primary N) is 1. The fourth-order valence-electron chi connectivity index (χ4n) is 0.736. The van der Waals surface area contributed by atoms with Crippen LogP contribution in [0.1, 0.15) is 6.92 Å². The van der Waals surface area contributed by atoms with Gasteiger partial charge in [-0.3, -0.25) is 4.79 Å². The van der Waals surface area contributed by atoms with Gasteiger partial charge < -0.3 is 21.1 Å². The van der Waals surface area contributed by atoms with Gasteiger partial charge in [0.15, 0.2) is 0 Å². The molecule has 0 radical (unpaired) electrons. The molecule has 0 spiro atoms. The summed E-state index contributed by atoms with van der Waals surface area (Å²) >= 11 is 0. The zero-order chi connectivity index (χ0) is 10.3. The number of carbonyl (C=O) groups is 2. The molecule has 0 saturated carbocycles. The minimum atomic E-state index is -0.811. The second-order valence-electron chi connectivity index (χ2n) is 2.46. The fraction of sp³-hybridized carbons (Fsp3) is 0.714. The number of nitrogens with one attached hydrogen (secondary N) is 2. The van der Waals surface area contributed by atoms with Crippen molar-refractivity contribution in [2.24, 2.45) is 5.73 Å². The van der Waals surface area contributed by atoms with Crippen LogP contribution in [0.4, 0.5) is 4.79 Å². The SMILES string of the molecule is CNC(=O)C(C)NCCOC(N)=O. The van der Waals surface area contributed by atoms with Gasteiger partial charge in [-0.1, -0.05) is 0 Å². The van der Waals surface area contributed by atoms with E-state index in [1.165, 1.54) is 0 Å². The summed E-state index contributed by atoms with van der Waals surface area (Å²) in [5.74, 6) is -0.112. The average Bonchev–Trinajstić information content (AvgIpc) is 2.10. The van der Waals surface area contributed by atoms with Crippen LogP contribution in [0.15, 0.2) is 0 Å². The molecule has 0 saturated heterocycles. The Morgan fingerprint density at radius 2 is 2.15 bits per heavy atom. The van der Waals surface area contributed by atoms with Crippen molar-refractivity contribution < 1.29 is 14.3 Å². The van der Waals surface area contributed by atoms with Gasteiger partial charge in [0.25, 0.3) is 0 Å². The standard InChI is InChI=1S/C7H15N3O3/c1-5(6(11)9-2)10-3-4-13-7(8)12/h5,10H,3-4H2,1-2H3,(H2,8,12)(H,9,11). The van der Waals surface area contributed by atoms with Crippen molar-refractivity contribution >= 4 is 12.0 Å². The number of amides is 2. The Bertz CT molecular complexity index is 184. The number of primary amides is 1. The Morgan fingerprint density at radius 3 is 2.62 bits per heavy atom. The van der Waals surface area contributed by atoms with Crippen molar-refractivity contribution in [1.82, 2.24) is 10.6 Å². The molecule has 6 nitrogen and oxygen atoms in total. The molecule has 4 N–H and O–H groups in total. The molecule has 0 aliphatic carbocycles. The third kappa shape index (κ3) is 5.92. The highest BCUT2D eigenvalue weighted by Gasteiger charge is 2.08. The van der Waals surface area contributed by atoms with Gasteiger partial charge >= 0.3 is 6.09 Å². The Morgan fingerprint density at radius 1 is 1.54 bits per heavy atom. The van der Waals surface area contributed by atoms with Crippen molar-refractivity contribution in [2.45, 2.75) is 13.0 Å². The predicted octanol–water partition coefficient (Wildman–Crippen LogP) is -1.19. The van der Waals surface area contributed by atoms with Crippen molar-refractivity contribution in [3.63, 3.8) is 0 Å². The van der Waals surface area contributed by atoms with Crippen LogP contribution in [0.3, 0.4) is 0 Å². The normalized spacial score (nSPS) is 11.8. The lowest BCUT2D eigenvalue weighted by atomic mass is 10.3. The van der Waals surface area contributed by atoms with Crippen LogP contribution in [0, 0.1) is 0 Å². The van der Waals surface area contributed by atoms with Gasteiger partial charge in [-0.05, 0) is 6.92 Å². The molecule has 2 amide bonds. The summed E-state index contributed by atoms with van der Waals surface area (Å²) in [7, 11) is 1.56. The van der Waals surface area contributed by atoms with Gasteiger partial charge in [0.1, 0.15) is 6.61 Å². The predicted molar refractivity (Wildman–Crippen MR) is 47.1 cm³/mol. The molecule has 1 atom stereocenters. The minimum absolute atomic E-state index is 0.112. The van der Waals surface area contributed by atoms with E-state index in [9.17, 15) is 9.59 Å². The third-order valence-corrected chi connectivity index (χ3v) is 1.44. The van der Waals surface area contributed by atoms with Crippen LogP contribution in [0.2, 0.25) is 0 Å². The second kappa shape index (κ2) is 6.24. The van der Waals surface area contributed by atoms with E-state index in [2.05, 4.69) is 15.4 Å². The van der Waals surface area contributed by atoms with E-state index in [4.69, 9.17) is 5.73 Å². The number of hydrogen-bond acceptors (Lipinski definition) is 4. The molecule has 0 aromatic carbocycles. The fourth-order valence-corrected chi connectivity index (χ4v) is 0.736. The average molecular weight is 189 g/mol. The molecule has 0 rings (SSSR count). The Hall–Kier alpha value is -1.30. The minimum Gasteiger partial charge on any atom is -0.448 e. The second-order valence-corrected chi connectivity index (χ2v) is 2.46. The van der Waals surface area contributed by atoms with Crippen molar-refractivity contribution in [2.75, 3.05) is 20.2 Å². The first kappa shape index (κ1) is 11.7. The zero-order valence-corrected chi connectivity index (χ0v) is 7.79. The van der Waals surface area contributed by atoms with Crippen molar-refractivity contribution in [1.29, 1.82) is 0 Å². The topological polar surface area (TPSA) is 93.4 Å². The summed E-state index contributed by atoms with van der Waals surface area (Å²) in [6.45, 7) is 2.28. The number of hydrogen-bond donors (Lipinski definition) is 3. The largest absolute Gasteiger partial charge is 0.448 e. The van der Waals surface area contributed by atoms with Crippen LogP contribution < -0.4 is 16.4 Å². The lowest BCUT2D eigenvalue weighted by molar-refractivity contribution is -0.122. The summed E-state index contributed by atoms with van der Waals surface area (Å²) in [6, 6.07) is -0.304. The molecule has 0 fully saturated rings. The molecule has 13 heavy (non-hydrogen) atoms. The molecule has 0 aliphatic heterocycles. The third-order valence-electron chi connectivity index (χ3n) is 1.44. The summed E-state index contributed by atoms with van der Waals surface area (Å²) in [6.07, 6.45) is -0.811. The maximum atomic E-state index is 10.9. The molecular formula is C7H15N3O3. The lowest BCUT2D eigenvalue weighted by Gasteiger charge is -2.11. The quantitative estimate of drug-likeness (QED) is 0.474. The van der Waals surface area contributed by atoms with Crippen LogP contribution in [0.25, 0.3) is 0 Å². The highest BCUT2D eigenvalue weighted by atomic mass is 16.5. The monoisotopic (exact) mass is 189 g/mol. The van der Waals surface area contributed by atoms with Gasteiger partial charge in [-0.25, -0.2) is 4.79 Å². The van der Waals surface area contributed by atoms with E-state index in [1.807, 2.05) is 0 Å². The number of carbonyl (C=O) groups excluding carboxylic acids is 2. The molecule has 6 heteroatoms. The van der Waals surface area contributed by atoms with Gasteiger partial charge in [0, 0.05) is 13.6 Å². The van der Waals surface area contributed by atoms with Gasteiger partial charge in [-0.15, -0.1) is 0 Å². The highest BCUT2D eigenvalue weighted by Crippen LogP contribution is 1.80. The summed E-state index contributed by atoms with van der Waals surface area (Å²) in [5.41, 5.74) is 4.73. The van der Waals surface area contributed by atoms with E-state index in [-0.39, 0.29) is 18.6 Å². The summed E-state index contributed by atoms with van der Waals surface area (Å²) < 4.78 is 4.45. The molecule has 0 aromatic rings. The molecule has 1 unspecified atom stereocenters. The van der Waals surface area contributed by atoms with Crippen molar-refractivity contribution in [3.05, 3.63) is 0 Å². The van der Waals surface area contributed by atoms with Crippen LogP contribution >= 0.6 is 0 Å². The molecular weight excluding hydrogens is 174 g/mol. The summed E-state index contributed by atoms with van der Waals surface area (Å²) in [5, 5.41) is 5.32. The summed E-state index contributed by atoms with van der Waals surface area (Å²) in [4.78, 5) is 21.1. The molecule has 0 heterocycles. The molecule has 0 aliphatic rings. The first-order valence-corrected chi connectivity index (χ1v) is 3.95. The van der Waals surface area contributed by atoms with Crippen LogP contribution in [0.5, 0.6) is 0 Å². The van der Waals surface area contributed by atoms with Gasteiger partial charge in [0.2, 0.25) is 5.91 Å². The van der Waals surface area contributed by atoms with E-state index in [1.54, 1.807) is 14.0 Å². The first-order valence-electron chi connectivity index (χ1n) is 3.95. The van der Waals surface area contributed by atoms with E-state index >= 15 is 0 Å². The number of rotatable bonds is 5.